The topological polar surface area (TPSA) is 120 Å². The van der Waals surface area contributed by atoms with Gasteiger partial charge in [-0.15, -0.1) is 0 Å². The van der Waals surface area contributed by atoms with E-state index in [1.165, 1.54) is 16.8 Å². The molecule has 0 spiro atoms. The van der Waals surface area contributed by atoms with Gasteiger partial charge in [0, 0.05) is 18.2 Å². The maximum Gasteiger partial charge on any atom is 0.271 e. The molecule has 0 unspecified atom stereocenters. The third-order valence-electron chi connectivity index (χ3n) is 4.12. The Morgan fingerprint density at radius 2 is 1.79 bits per heavy atom. The summed E-state index contributed by atoms with van der Waals surface area (Å²) in [7, 11) is 1.64. The molecule has 29 heavy (non-hydrogen) atoms. The Bertz CT molecular complexity index is 1140. The first-order chi connectivity index (χ1) is 13.7. The van der Waals surface area contributed by atoms with Crippen molar-refractivity contribution in [2.75, 3.05) is 0 Å². The standard InChI is InChI=1S/C19H16Cl2N4O4/c1-9(22-23-19(29)11-4-6-14(26)15(27)8-11)16-18(28)17(25(2)24-16)10-3-5-12(20)13(21)7-10/h3-8,26-28H,1-2H3,(H,23,29)/b22-9+. The average molecular weight is 435 g/mol. The number of rotatable bonds is 4. The maximum atomic E-state index is 12.2. The van der Waals surface area contributed by atoms with Crippen LogP contribution in [-0.4, -0.2) is 36.7 Å². The lowest BCUT2D eigenvalue weighted by atomic mass is 10.1. The molecular weight excluding hydrogens is 419 g/mol. The fourth-order valence-corrected chi connectivity index (χ4v) is 2.94. The van der Waals surface area contributed by atoms with Crippen molar-refractivity contribution in [1.82, 2.24) is 15.2 Å². The summed E-state index contributed by atoms with van der Waals surface area (Å²) in [6, 6.07) is 8.54. The number of nitrogens with one attached hydrogen (secondary N) is 1. The highest BCUT2D eigenvalue weighted by atomic mass is 35.5. The number of hydrogen-bond donors (Lipinski definition) is 4. The molecule has 0 atom stereocenters. The number of carbonyl (C=O) groups excluding carboxylic acids is 1. The minimum Gasteiger partial charge on any atom is -0.504 e. The summed E-state index contributed by atoms with van der Waals surface area (Å²) in [6.07, 6.45) is 0. The van der Waals surface area contributed by atoms with Crippen LogP contribution in [0.2, 0.25) is 10.0 Å². The number of benzene rings is 2. The maximum absolute atomic E-state index is 12.2. The van der Waals surface area contributed by atoms with Crippen molar-refractivity contribution in [3.05, 3.63) is 57.7 Å². The molecule has 0 fully saturated rings. The normalized spacial score (nSPS) is 11.5. The number of aromatic nitrogens is 2. The average Bonchev–Trinajstić information content (AvgIpc) is 2.98. The molecule has 2 aromatic carbocycles. The number of aryl methyl sites for hydroxylation is 1. The molecule has 1 aromatic heterocycles. The molecule has 0 bridgehead atoms. The molecule has 10 heteroatoms. The molecule has 0 radical (unpaired) electrons. The minimum absolute atomic E-state index is 0.0959. The summed E-state index contributed by atoms with van der Waals surface area (Å²) in [6.45, 7) is 1.56. The summed E-state index contributed by atoms with van der Waals surface area (Å²) in [5.41, 5.74) is 3.84. The fourth-order valence-electron chi connectivity index (χ4n) is 2.64. The number of carbonyl (C=O) groups is 1. The molecular formula is C19H16Cl2N4O4. The molecule has 150 valence electrons. The minimum atomic E-state index is -0.611. The van der Waals surface area contributed by atoms with Gasteiger partial charge in [-0.25, -0.2) is 5.43 Å². The van der Waals surface area contributed by atoms with Crippen molar-refractivity contribution >= 4 is 34.8 Å². The van der Waals surface area contributed by atoms with Gasteiger partial charge in [0.05, 0.1) is 15.8 Å². The first-order valence-electron chi connectivity index (χ1n) is 8.27. The van der Waals surface area contributed by atoms with Gasteiger partial charge in [0.25, 0.3) is 5.91 Å². The van der Waals surface area contributed by atoms with Gasteiger partial charge in [-0.2, -0.15) is 10.2 Å². The zero-order valence-electron chi connectivity index (χ0n) is 15.3. The van der Waals surface area contributed by atoms with Gasteiger partial charge in [0.15, 0.2) is 22.9 Å². The van der Waals surface area contributed by atoms with E-state index in [0.29, 0.717) is 21.3 Å². The predicted molar refractivity (Wildman–Crippen MR) is 110 cm³/mol. The lowest BCUT2D eigenvalue weighted by Crippen LogP contribution is -2.19. The van der Waals surface area contributed by atoms with Gasteiger partial charge >= 0.3 is 0 Å². The summed E-state index contributed by atoms with van der Waals surface area (Å²) in [4.78, 5) is 12.2. The van der Waals surface area contributed by atoms with Crippen molar-refractivity contribution in [1.29, 1.82) is 0 Å². The summed E-state index contributed by atoms with van der Waals surface area (Å²) in [5.74, 6) is -1.51. The van der Waals surface area contributed by atoms with E-state index in [0.717, 1.165) is 6.07 Å². The molecule has 1 heterocycles. The number of aromatic hydroxyl groups is 3. The highest BCUT2D eigenvalue weighted by Crippen LogP contribution is 2.35. The first kappa shape index (κ1) is 20.5. The quantitative estimate of drug-likeness (QED) is 0.283. The Hall–Kier alpha value is -3.23. The molecule has 0 aliphatic heterocycles. The van der Waals surface area contributed by atoms with Crippen LogP contribution in [-0.2, 0) is 7.05 Å². The van der Waals surface area contributed by atoms with Crippen LogP contribution in [0.4, 0.5) is 0 Å². The molecule has 3 aromatic rings. The van der Waals surface area contributed by atoms with Gasteiger partial charge in [-0.1, -0.05) is 29.3 Å². The van der Waals surface area contributed by atoms with Crippen LogP contribution < -0.4 is 5.43 Å². The van der Waals surface area contributed by atoms with Crippen LogP contribution >= 0.6 is 23.2 Å². The molecule has 0 saturated heterocycles. The second-order valence-corrected chi connectivity index (χ2v) is 6.95. The smallest absolute Gasteiger partial charge is 0.271 e. The highest BCUT2D eigenvalue weighted by molar-refractivity contribution is 6.42. The lowest BCUT2D eigenvalue weighted by Gasteiger charge is -2.05. The Kier molecular flexibility index (Phi) is 5.67. The number of halogens is 2. The number of amides is 1. The van der Waals surface area contributed by atoms with Gasteiger partial charge in [-0.3, -0.25) is 9.48 Å². The molecule has 0 saturated carbocycles. The van der Waals surface area contributed by atoms with E-state index in [-0.39, 0.29) is 28.5 Å². The van der Waals surface area contributed by atoms with Crippen molar-refractivity contribution in [2.24, 2.45) is 12.1 Å². The van der Waals surface area contributed by atoms with E-state index in [1.807, 2.05) is 0 Å². The predicted octanol–water partition coefficient (Wildman–Crippen LogP) is 3.66. The van der Waals surface area contributed by atoms with Crippen LogP contribution in [0.5, 0.6) is 17.2 Å². The molecule has 0 aliphatic rings. The third-order valence-corrected chi connectivity index (χ3v) is 4.86. The Labute approximate surface area is 175 Å². The van der Waals surface area contributed by atoms with Crippen LogP contribution in [0.3, 0.4) is 0 Å². The van der Waals surface area contributed by atoms with Crippen LogP contribution in [0.25, 0.3) is 11.3 Å². The number of hydrogen-bond acceptors (Lipinski definition) is 6. The highest BCUT2D eigenvalue weighted by Gasteiger charge is 2.20. The van der Waals surface area contributed by atoms with E-state index < -0.39 is 11.7 Å². The summed E-state index contributed by atoms with van der Waals surface area (Å²) in [5, 5.41) is 38.4. The van der Waals surface area contributed by atoms with Crippen molar-refractivity contribution in [3.8, 4) is 28.5 Å². The number of phenols is 2. The van der Waals surface area contributed by atoms with Crippen molar-refractivity contribution in [3.63, 3.8) is 0 Å². The monoisotopic (exact) mass is 434 g/mol. The van der Waals surface area contributed by atoms with E-state index in [9.17, 15) is 20.1 Å². The van der Waals surface area contributed by atoms with Gasteiger partial charge in [0.2, 0.25) is 0 Å². The fraction of sp³-hybridized carbons (Fsp3) is 0.105. The van der Waals surface area contributed by atoms with Gasteiger partial charge in [0.1, 0.15) is 5.69 Å². The van der Waals surface area contributed by atoms with Crippen molar-refractivity contribution < 1.29 is 20.1 Å². The van der Waals surface area contributed by atoms with E-state index in [1.54, 1.807) is 32.2 Å². The van der Waals surface area contributed by atoms with E-state index in [4.69, 9.17) is 23.2 Å². The molecule has 4 N–H and O–H groups in total. The summed E-state index contributed by atoms with van der Waals surface area (Å²) < 4.78 is 1.46. The van der Waals surface area contributed by atoms with Crippen LogP contribution in [0.15, 0.2) is 41.5 Å². The second kappa shape index (κ2) is 8.02. The van der Waals surface area contributed by atoms with Gasteiger partial charge < -0.3 is 15.3 Å². The van der Waals surface area contributed by atoms with Gasteiger partial charge in [-0.05, 0) is 37.3 Å². The Balaban J connectivity index is 1.87. The zero-order chi connectivity index (χ0) is 21.3. The SMILES string of the molecule is C/C(=N\NC(=O)c1ccc(O)c(O)c1)c1nn(C)c(-c2ccc(Cl)c(Cl)c2)c1O. The Morgan fingerprint density at radius 1 is 1.07 bits per heavy atom. The first-order valence-corrected chi connectivity index (χ1v) is 9.03. The number of nitrogens with zero attached hydrogens (tertiary/aromatic N) is 3. The van der Waals surface area contributed by atoms with E-state index >= 15 is 0 Å². The lowest BCUT2D eigenvalue weighted by molar-refractivity contribution is 0.0954. The molecule has 0 aliphatic carbocycles. The number of phenolic OH excluding ortho intramolecular Hbond substituents is 2. The molecule has 3 rings (SSSR count). The summed E-state index contributed by atoms with van der Waals surface area (Å²) >= 11 is 12.0. The number of hydrazone groups is 1. The second-order valence-electron chi connectivity index (χ2n) is 6.14. The van der Waals surface area contributed by atoms with Crippen LogP contribution in [0.1, 0.15) is 23.0 Å². The zero-order valence-corrected chi connectivity index (χ0v) is 16.8. The van der Waals surface area contributed by atoms with E-state index in [2.05, 4.69) is 15.6 Å². The largest absolute Gasteiger partial charge is 0.504 e. The molecule has 1 amide bonds. The molecule has 8 nitrogen and oxygen atoms in total. The Morgan fingerprint density at radius 3 is 2.45 bits per heavy atom. The third kappa shape index (κ3) is 4.13. The van der Waals surface area contributed by atoms with Crippen LogP contribution in [0, 0.1) is 0 Å². The van der Waals surface area contributed by atoms with Crippen molar-refractivity contribution in [2.45, 2.75) is 6.92 Å².